The average Bonchev–Trinajstić information content (AvgIpc) is 3.18. The van der Waals surface area contributed by atoms with Crippen LogP contribution >= 0.6 is 0 Å². The number of piperidine rings is 1. The van der Waals surface area contributed by atoms with Gasteiger partial charge in [-0.1, -0.05) is 19.0 Å². The van der Waals surface area contributed by atoms with Crippen LogP contribution < -0.4 is 0 Å². The average molecular weight is 372 g/mol. The van der Waals surface area contributed by atoms with Crippen molar-refractivity contribution in [2.75, 3.05) is 26.8 Å². The molecule has 27 heavy (non-hydrogen) atoms. The van der Waals surface area contributed by atoms with E-state index >= 15 is 0 Å². The summed E-state index contributed by atoms with van der Waals surface area (Å²) in [4.78, 5) is 23.4. The van der Waals surface area contributed by atoms with Crippen molar-refractivity contribution in [2.24, 2.45) is 5.92 Å². The number of ether oxygens (including phenoxy) is 1. The predicted molar refractivity (Wildman–Crippen MR) is 101 cm³/mol. The van der Waals surface area contributed by atoms with E-state index in [0.717, 1.165) is 31.4 Å². The van der Waals surface area contributed by atoms with Crippen molar-refractivity contribution in [1.82, 2.24) is 20.0 Å². The van der Waals surface area contributed by atoms with Crippen LogP contribution in [0.2, 0.25) is 0 Å². The molecule has 0 bridgehead atoms. The van der Waals surface area contributed by atoms with Crippen molar-refractivity contribution in [3.8, 4) is 11.5 Å². The number of likely N-dealkylation sites (tertiary alicyclic amines) is 1. The number of carbonyl (C=O) groups is 1. The molecule has 2 aromatic heterocycles. The Bertz CT molecular complexity index is 747. The van der Waals surface area contributed by atoms with Gasteiger partial charge in [0.15, 0.2) is 5.82 Å². The van der Waals surface area contributed by atoms with Gasteiger partial charge in [-0.15, -0.1) is 0 Å². The summed E-state index contributed by atoms with van der Waals surface area (Å²) in [5.74, 6) is 1.65. The predicted octanol–water partition coefficient (Wildman–Crippen LogP) is 3.07. The van der Waals surface area contributed by atoms with E-state index in [1.54, 1.807) is 19.5 Å². The van der Waals surface area contributed by atoms with E-state index in [-0.39, 0.29) is 11.3 Å². The molecule has 0 spiro atoms. The summed E-state index contributed by atoms with van der Waals surface area (Å²) < 4.78 is 10.9. The first-order chi connectivity index (χ1) is 13.0. The smallest absolute Gasteiger partial charge is 0.259 e. The van der Waals surface area contributed by atoms with Crippen LogP contribution in [0.1, 0.15) is 45.4 Å². The summed E-state index contributed by atoms with van der Waals surface area (Å²) in [5, 5.41) is 4.29. The van der Waals surface area contributed by atoms with E-state index in [9.17, 15) is 4.79 Å². The second-order valence-corrected chi connectivity index (χ2v) is 7.70. The number of carbonyl (C=O) groups excluding carboxylic acids is 1. The fourth-order valence-electron chi connectivity index (χ4n) is 3.66. The molecular formula is C20H28N4O3. The maximum Gasteiger partial charge on any atom is 0.259 e. The molecule has 0 aromatic carbocycles. The first-order valence-electron chi connectivity index (χ1n) is 9.55. The van der Waals surface area contributed by atoms with E-state index in [0.29, 0.717) is 37.2 Å². The number of rotatable bonds is 7. The lowest BCUT2D eigenvalue weighted by atomic mass is 9.76. The first kappa shape index (κ1) is 19.5. The largest absolute Gasteiger partial charge is 0.385 e. The lowest BCUT2D eigenvalue weighted by Gasteiger charge is -2.41. The minimum Gasteiger partial charge on any atom is -0.385 e. The van der Waals surface area contributed by atoms with Gasteiger partial charge in [0.25, 0.3) is 5.89 Å². The molecule has 0 aliphatic carbocycles. The van der Waals surface area contributed by atoms with Gasteiger partial charge < -0.3 is 14.2 Å². The fourth-order valence-corrected chi connectivity index (χ4v) is 3.66. The number of aromatic nitrogens is 3. The van der Waals surface area contributed by atoms with Crippen molar-refractivity contribution >= 4 is 5.91 Å². The Labute approximate surface area is 160 Å². The summed E-state index contributed by atoms with van der Waals surface area (Å²) in [6.45, 7) is 6.11. The molecule has 146 valence electrons. The highest BCUT2D eigenvalue weighted by Crippen LogP contribution is 2.37. The Kier molecular flexibility index (Phi) is 6.21. The van der Waals surface area contributed by atoms with E-state index in [2.05, 4.69) is 29.0 Å². The minimum absolute atomic E-state index is 0.197. The van der Waals surface area contributed by atoms with Gasteiger partial charge in [-0.05, 0) is 37.3 Å². The summed E-state index contributed by atoms with van der Waals surface area (Å²) in [5.41, 5.74) is 0.451. The Balaban J connectivity index is 1.86. The molecular weight excluding hydrogens is 344 g/mol. The van der Waals surface area contributed by atoms with Crippen LogP contribution in [0.15, 0.2) is 29.0 Å². The third-order valence-corrected chi connectivity index (χ3v) is 5.11. The number of amides is 1. The van der Waals surface area contributed by atoms with Crippen molar-refractivity contribution in [2.45, 2.75) is 44.9 Å². The number of methoxy groups -OCH3 is 1. The molecule has 3 rings (SSSR count). The molecule has 1 amide bonds. The normalized spacial score (nSPS) is 20.2. The Hall–Kier alpha value is -2.28. The monoisotopic (exact) mass is 372 g/mol. The molecule has 1 saturated heterocycles. The summed E-state index contributed by atoms with van der Waals surface area (Å²) in [6.07, 6.45) is 6.56. The second-order valence-electron chi connectivity index (χ2n) is 7.70. The van der Waals surface area contributed by atoms with Gasteiger partial charge in [0.1, 0.15) is 0 Å². The Morgan fingerprint density at radius 1 is 1.44 bits per heavy atom. The van der Waals surface area contributed by atoms with Crippen molar-refractivity contribution < 1.29 is 14.1 Å². The summed E-state index contributed by atoms with van der Waals surface area (Å²) >= 11 is 0. The van der Waals surface area contributed by atoms with Crippen LogP contribution in [0.25, 0.3) is 11.5 Å². The van der Waals surface area contributed by atoms with E-state index in [4.69, 9.17) is 9.26 Å². The van der Waals surface area contributed by atoms with Crippen LogP contribution in [0.5, 0.6) is 0 Å². The Morgan fingerprint density at radius 3 is 3.00 bits per heavy atom. The molecule has 1 aliphatic rings. The zero-order valence-electron chi connectivity index (χ0n) is 16.4. The van der Waals surface area contributed by atoms with Crippen molar-refractivity contribution in [1.29, 1.82) is 0 Å². The summed E-state index contributed by atoms with van der Waals surface area (Å²) in [7, 11) is 1.69. The molecule has 1 aliphatic heterocycles. The lowest BCUT2D eigenvalue weighted by molar-refractivity contribution is -0.134. The van der Waals surface area contributed by atoms with Gasteiger partial charge in [-0.2, -0.15) is 4.98 Å². The molecule has 0 radical (unpaired) electrons. The molecule has 1 unspecified atom stereocenters. The van der Waals surface area contributed by atoms with Crippen LogP contribution in [-0.2, 0) is 14.9 Å². The maximum absolute atomic E-state index is 12.7. The number of nitrogens with zero attached hydrogens (tertiary/aromatic N) is 4. The molecule has 7 heteroatoms. The summed E-state index contributed by atoms with van der Waals surface area (Å²) in [6, 6.07) is 3.73. The quantitative estimate of drug-likeness (QED) is 0.743. The van der Waals surface area contributed by atoms with Crippen LogP contribution in [-0.4, -0.2) is 52.7 Å². The van der Waals surface area contributed by atoms with Gasteiger partial charge in [0.2, 0.25) is 5.91 Å². The maximum atomic E-state index is 12.7. The molecule has 3 heterocycles. The zero-order valence-corrected chi connectivity index (χ0v) is 16.4. The lowest BCUT2D eigenvalue weighted by Crippen LogP contribution is -2.49. The van der Waals surface area contributed by atoms with Gasteiger partial charge in [0, 0.05) is 45.6 Å². The molecule has 0 saturated carbocycles. The van der Waals surface area contributed by atoms with Crippen LogP contribution in [0.3, 0.4) is 0 Å². The minimum atomic E-state index is -0.342. The molecule has 0 N–H and O–H groups in total. The zero-order chi connectivity index (χ0) is 19.3. The standard InChI is InChI=1S/C20H28N4O3/c1-15(2)12-17(25)24-10-5-7-20(14-24,8-11-26-3)19-22-18(27-23-19)16-6-4-9-21-13-16/h4,6,9,13,15H,5,7-8,10-12,14H2,1-3H3. The number of pyridine rings is 1. The highest BCUT2D eigenvalue weighted by atomic mass is 16.5. The van der Waals surface area contributed by atoms with Crippen molar-refractivity contribution in [3.05, 3.63) is 30.4 Å². The SMILES string of the molecule is COCCC1(c2noc(-c3cccnc3)n2)CCCN(C(=O)CC(C)C)C1. The number of hydrogen-bond donors (Lipinski definition) is 0. The molecule has 7 nitrogen and oxygen atoms in total. The highest BCUT2D eigenvalue weighted by molar-refractivity contribution is 5.76. The van der Waals surface area contributed by atoms with Crippen molar-refractivity contribution in [3.63, 3.8) is 0 Å². The third-order valence-electron chi connectivity index (χ3n) is 5.11. The first-order valence-corrected chi connectivity index (χ1v) is 9.55. The number of hydrogen-bond acceptors (Lipinski definition) is 6. The van der Waals surface area contributed by atoms with Crippen LogP contribution in [0.4, 0.5) is 0 Å². The van der Waals surface area contributed by atoms with Gasteiger partial charge >= 0.3 is 0 Å². The van der Waals surface area contributed by atoms with Gasteiger partial charge in [-0.25, -0.2) is 0 Å². The Morgan fingerprint density at radius 2 is 2.30 bits per heavy atom. The van der Waals surface area contributed by atoms with Crippen LogP contribution in [0, 0.1) is 5.92 Å². The topological polar surface area (TPSA) is 81.3 Å². The van der Waals surface area contributed by atoms with E-state index < -0.39 is 0 Å². The second kappa shape index (κ2) is 8.61. The highest BCUT2D eigenvalue weighted by Gasteiger charge is 2.42. The van der Waals surface area contributed by atoms with Gasteiger partial charge in [-0.3, -0.25) is 9.78 Å². The molecule has 1 atom stereocenters. The van der Waals surface area contributed by atoms with Gasteiger partial charge in [0.05, 0.1) is 11.0 Å². The fraction of sp³-hybridized carbons (Fsp3) is 0.600. The third kappa shape index (κ3) is 4.53. The molecule has 2 aromatic rings. The van der Waals surface area contributed by atoms with E-state index in [1.165, 1.54) is 0 Å². The van der Waals surface area contributed by atoms with E-state index in [1.807, 2.05) is 17.0 Å². The molecule has 1 fully saturated rings.